The van der Waals surface area contributed by atoms with E-state index in [0.29, 0.717) is 11.7 Å². The van der Waals surface area contributed by atoms with Gasteiger partial charge in [0.25, 0.3) is 5.56 Å². The summed E-state index contributed by atoms with van der Waals surface area (Å²) in [6, 6.07) is 19.3. The Bertz CT molecular complexity index is 1450. The summed E-state index contributed by atoms with van der Waals surface area (Å²) in [5.41, 5.74) is 8.29. The van der Waals surface area contributed by atoms with Crippen LogP contribution in [0.2, 0.25) is 0 Å². The van der Waals surface area contributed by atoms with E-state index >= 15 is 0 Å². The van der Waals surface area contributed by atoms with Crippen molar-refractivity contribution in [3.8, 4) is 0 Å². The maximum absolute atomic E-state index is 13.7. The first-order chi connectivity index (χ1) is 17.6. The molecule has 36 heavy (non-hydrogen) atoms. The van der Waals surface area contributed by atoms with Crippen molar-refractivity contribution in [2.45, 2.75) is 37.4 Å². The second-order valence-electron chi connectivity index (χ2n) is 8.44. The molecule has 0 radical (unpaired) electrons. The van der Waals surface area contributed by atoms with Gasteiger partial charge in [-0.3, -0.25) is 25.0 Å². The predicted molar refractivity (Wildman–Crippen MR) is 151 cm³/mol. The molecule has 0 unspecified atom stereocenters. The lowest BCUT2D eigenvalue weighted by Crippen LogP contribution is -2.44. The maximum atomic E-state index is 13.7. The van der Waals surface area contributed by atoms with Crippen molar-refractivity contribution in [2.75, 3.05) is 11.1 Å². The van der Waals surface area contributed by atoms with Crippen LogP contribution in [0.5, 0.6) is 0 Å². The Balaban J connectivity index is 1.33. The standard InChI is InChI=1S/C26H25N5O2S3/c32-21(29-30-25(34)27-18-11-5-2-6-12-18)16-35-26-28-23-22(19-13-7-8-14-20(19)36-23)24(33)31(26)15-17-9-3-1-4-10-17/h1-6,9-12H,7-8,13-16H2,(H,29,32)(H2,27,30,34). The number of hydrazine groups is 1. The molecule has 5 rings (SSSR count). The highest BCUT2D eigenvalue weighted by molar-refractivity contribution is 7.99. The van der Waals surface area contributed by atoms with Crippen LogP contribution in [0.15, 0.2) is 70.6 Å². The molecule has 1 aliphatic carbocycles. The van der Waals surface area contributed by atoms with Crippen LogP contribution in [0.1, 0.15) is 28.8 Å². The number of nitrogens with zero attached hydrogens (tertiary/aromatic N) is 2. The third-order valence-electron chi connectivity index (χ3n) is 5.90. The van der Waals surface area contributed by atoms with Gasteiger partial charge in [0, 0.05) is 10.6 Å². The molecule has 0 atom stereocenters. The number of anilines is 1. The van der Waals surface area contributed by atoms with Gasteiger partial charge in [-0.15, -0.1) is 11.3 Å². The van der Waals surface area contributed by atoms with Gasteiger partial charge in [-0.2, -0.15) is 0 Å². The lowest BCUT2D eigenvalue weighted by molar-refractivity contribution is -0.119. The lowest BCUT2D eigenvalue weighted by atomic mass is 9.97. The first-order valence-corrected chi connectivity index (χ1v) is 13.9. The number of aryl methyl sites for hydroxylation is 2. The zero-order valence-electron chi connectivity index (χ0n) is 19.5. The molecule has 0 saturated carbocycles. The highest BCUT2D eigenvalue weighted by atomic mass is 32.2. The number of thiophene rings is 1. The summed E-state index contributed by atoms with van der Waals surface area (Å²) in [6.07, 6.45) is 4.17. The molecule has 0 saturated heterocycles. The van der Waals surface area contributed by atoms with Crippen molar-refractivity contribution in [3.63, 3.8) is 0 Å². The Labute approximate surface area is 222 Å². The molecule has 2 heterocycles. The monoisotopic (exact) mass is 535 g/mol. The number of hydrogen-bond donors (Lipinski definition) is 3. The molecule has 0 spiro atoms. The molecule has 10 heteroatoms. The number of rotatable bonds is 6. The Hall–Kier alpha value is -3.21. The Morgan fingerprint density at radius 2 is 1.75 bits per heavy atom. The van der Waals surface area contributed by atoms with Crippen molar-refractivity contribution in [1.29, 1.82) is 0 Å². The van der Waals surface area contributed by atoms with E-state index in [1.54, 1.807) is 15.9 Å². The molecule has 7 nitrogen and oxygen atoms in total. The van der Waals surface area contributed by atoms with Crippen LogP contribution in [-0.2, 0) is 24.2 Å². The normalized spacial score (nSPS) is 12.7. The van der Waals surface area contributed by atoms with E-state index in [2.05, 4.69) is 16.2 Å². The van der Waals surface area contributed by atoms with E-state index in [4.69, 9.17) is 17.2 Å². The van der Waals surface area contributed by atoms with Crippen molar-refractivity contribution in [2.24, 2.45) is 0 Å². The topological polar surface area (TPSA) is 88.0 Å². The molecule has 184 valence electrons. The third-order valence-corrected chi connectivity index (χ3v) is 8.27. The average molecular weight is 536 g/mol. The summed E-state index contributed by atoms with van der Waals surface area (Å²) < 4.78 is 1.70. The van der Waals surface area contributed by atoms with Crippen molar-refractivity contribution in [1.82, 2.24) is 20.4 Å². The van der Waals surface area contributed by atoms with Crippen LogP contribution >= 0.6 is 35.3 Å². The first-order valence-electron chi connectivity index (χ1n) is 11.7. The molecule has 3 N–H and O–H groups in total. The number of para-hydroxylation sites is 1. The second kappa shape index (κ2) is 11.2. The summed E-state index contributed by atoms with van der Waals surface area (Å²) in [5, 5.41) is 4.57. The number of nitrogens with one attached hydrogen (secondary N) is 3. The largest absolute Gasteiger partial charge is 0.331 e. The third kappa shape index (κ3) is 5.61. The number of benzene rings is 2. The molecular weight excluding hydrogens is 511 g/mol. The van der Waals surface area contributed by atoms with E-state index in [1.165, 1.54) is 22.2 Å². The van der Waals surface area contributed by atoms with Gasteiger partial charge in [0.15, 0.2) is 10.3 Å². The van der Waals surface area contributed by atoms with E-state index in [0.717, 1.165) is 47.2 Å². The number of hydrogen-bond acceptors (Lipinski definition) is 6. The molecule has 0 bridgehead atoms. The van der Waals surface area contributed by atoms with E-state index < -0.39 is 0 Å². The minimum Gasteiger partial charge on any atom is -0.331 e. The van der Waals surface area contributed by atoms with Crippen LogP contribution in [0.3, 0.4) is 0 Å². The van der Waals surface area contributed by atoms with Crippen LogP contribution < -0.4 is 21.7 Å². The average Bonchev–Trinajstić information content (AvgIpc) is 3.28. The number of thiocarbonyl (C=S) groups is 1. The number of amides is 1. The number of aromatic nitrogens is 2. The molecule has 4 aromatic rings. The highest BCUT2D eigenvalue weighted by Crippen LogP contribution is 2.34. The quantitative estimate of drug-likeness (QED) is 0.145. The number of fused-ring (bicyclic) bond motifs is 3. The summed E-state index contributed by atoms with van der Waals surface area (Å²) in [5.74, 6) is -0.193. The summed E-state index contributed by atoms with van der Waals surface area (Å²) in [6.45, 7) is 0.403. The fourth-order valence-electron chi connectivity index (χ4n) is 4.21. The fourth-order valence-corrected chi connectivity index (χ4v) is 6.48. The summed E-state index contributed by atoms with van der Waals surface area (Å²) >= 11 is 8.10. The van der Waals surface area contributed by atoms with Gasteiger partial charge in [-0.05, 0) is 61.2 Å². The summed E-state index contributed by atoms with van der Waals surface area (Å²) in [4.78, 5) is 33.2. The smallest absolute Gasteiger partial charge is 0.263 e. The van der Waals surface area contributed by atoms with Crippen molar-refractivity contribution >= 4 is 62.2 Å². The Morgan fingerprint density at radius 1 is 1.03 bits per heavy atom. The van der Waals surface area contributed by atoms with Crippen LogP contribution in [0.25, 0.3) is 10.2 Å². The van der Waals surface area contributed by atoms with E-state index in [1.807, 2.05) is 60.7 Å². The van der Waals surface area contributed by atoms with Gasteiger partial charge < -0.3 is 5.32 Å². The van der Waals surface area contributed by atoms with Crippen LogP contribution in [-0.4, -0.2) is 26.3 Å². The predicted octanol–water partition coefficient (Wildman–Crippen LogP) is 4.50. The molecule has 2 aromatic heterocycles. The zero-order chi connectivity index (χ0) is 24.9. The van der Waals surface area contributed by atoms with Crippen LogP contribution in [0, 0.1) is 0 Å². The summed E-state index contributed by atoms with van der Waals surface area (Å²) in [7, 11) is 0. The van der Waals surface area contributed by atoms with Gasteiger partial charge in [0.05, 0.1) is 17.7 Å². The van der Waals surface area contributed by atoms with E-state index in [9.17, 15) is 9.59 Å². The van der Waals surface area contributed by atoms with Gasteiger partial charge in [0.2, 0.25) is 5.91 Å². The van der Waals surface area contributed by atoms with Gasteiger partial charge in [-0.25, -0.2) is 4.98 Å². The maximum Gasteiger partial charge on any atom is 0.263 e. The fraction of sp³-hybridized carbons (Fsp3) is 0.231. The van der Waals surface area contributed by atoms with Crippen molar-refractivity contribution in [3.05, 3.63) is 87.0 Å². The van der Waals surface area contributed by atoms with Gasteiger partial charge >= 0.3 is 0 Å². The minimum atomic E-state index is -0.275. The van der Waals surface area contributed by atoms with Crippen LogP contribution in [0.4, 0.5) is 5.69 Å². The second-order valence-corrected chi connectivity index (χ2v) is 10.9. The Morgan fingerprint density at radius 3 is 2.53 bits per heavy atom. The number of carbonyl (C=O) groups excluding carboxylic acids is 1. The molecule has 0 aliphatic heterocycles. The van der Waals surface area contributed by atoms with E-state index in [-0.39, 0.29) is 22.3 Å². The lowest BCUT2D eigenvalue weighted by Gasteiger charge is -2.14. The SMILES string of the molecule is O=C(CSc1nc2sc3c(c2c(=O)n1Cc1ccccc1)CCCC3)NNC(=S)Nc1ccccc1. The van der Waals surface area contributed by atoms with Crippen molar-refractivity contribution < 1.29 is 4.79 Å². The Kier molecular flexibility index (Phi) is 7.64. The first kappa shape index (κ1) is 24.5. The highest BCUT2D eigenvalue weighted by Gasteiger charge is 2.22. The molecule has 1 aliphatic rings. The van der Waals surface area contributed by atoms with Gasteiger partial charge in [0.1, 0.15) is 4.83 Å². The number of carbonyl (C=O) groups is 1. The molecule has 0 fully saturated rings. The number of thioether (sulfide) groups is 1. The zero-order valence-corrected chi connectivity index (χ0v) is 21.9. The molecule has 2 aromatic carbocycles. The van der Waals surface area contributed by atoms with Gasteiger partial charge in [-0.1, -0.05) is 60.3 Å². The molecular formula is C26H25N5O2S3. The minimum absolute atomic E-state index is 0.0301. The molecule has 1 amide bonds.